The second-order valence-corrected chi connectivity index (χ2v) is 8.37. The summed E-state index contributed by atoms with van der Waals surface area (Å²) in [7, 11) is 0. The van der Waals surface area contributed by atoms with Crippen molar-refractivity contribution in [2.45, 2.75) is 44.7 Å². The molecule has 1 saturated heterocycles. The zero-order valence-electron chi connectivity index (χ0n) is 16.6. The molecule has 0 atom stereocenters. The molecule has 0 unspecified atom stereocenters. The largest absolute Gasteiger partial charge is 0.354 e. The number of nitrogens with zero attached hydrogens (tertiary/aromatic N) is 6. The molecule has 0 spiro atoms. The lowest BCUT2D eigenvalue weighted by Gasteiger charge is -2.43. The normalized spacial score (nSPS) is 21.8. The average molecular weight is 379 g/mol. The molecule has 5 rings (SSSR count). The first-order valence-corrected chi connectivity index (χ1v) is 10.8. The van der Waals surface area contributed by atoms with Crippen LogP contribution in [0.3, 0.4) is 0 Å². The van der Waals surface area contributed by atoms with Crippen LogP contribution in [0.5, 0.6) is 0 Å². The fourth-order valence-electron chi connectivity index (χ4n) is 4.79. The highest BCUT2D eigenvalue weighted by atomic mass is 15.3. The zero-order chi connectivity index (χ0) is 18.8. The minimum Gasteiger partial charge on any atom is -0.354 e. The molecule has 2 fully saturated rings. The molecule has 2 aromatic rings. The first kappa shape index (κ1) is 18.0. The van der Waals surface area contributed by atoms with E-state index >= 15 is 0 Å². The summed E-state index contributed by atoms with van der Waals surface area (Å²) >= 11 is 0. The van der Waals surface area contributed by atoms with Crippen molar-refractivity contribution >= 4 is 5.82 Å². The smallest absolute Gasteiger partial charge is 0.135 e. The van der Waals surface area contributed by atoms with Gasteiger partial charge < -0.3 is 4.90 Å². The fraction of sp³-hybridized carbons (Fsp3) is 0.591. The molecule has 6 heteroatoms. The van der Waals surface area contributed by atoms with E-state index in [4.69, 9.17) is 4.98 Å². The van der Waals surface area contributed by atoms with Gasteiger partial charge in [-0.1, -0.05) is 12.5 Å². The van der Waals surface area contributed by atoms with Crippen LogP contribution in [0.1, 0.15) is 36.1 Å². The van der Waals surface area contributed by atoms with Crippen LogP contribution in [0.2, 0.25) is 0 Å². The predicted octanol–water partition coefficient (Wildman–Crippen LogP) is 2.15. The summed E-state index contributed by atoms with van der Waals surface area (Å²) in [6.07, 6.45) is 11.9. The third-order valence-corrected chi connectivity index (χ3v) is 6.69. The van der Waals surface area contributed by atoms with Crippen LogP contribution < -0.4 is 4.90 Å². The number of pyridine rings is 1. The van der Waals surface area contributed by atoms with Gasteiger partial charge in [-0.25, -0.2) is 9.97 Å². The Balaban J connectivity index is 1.26. The standard InChI is InChI=1S/C22H30N6/c1-4-19(5-1)27-11-13-28(14-12-27)22-20-6-9-26(10-7-21(20)24-17-25-22)16-18-3-2-8-23-15-18/h2-3,8,15,17,19H,1,4-7,9-14,16H2. The Bertz CT molecular complexity index is 783. The van der Waals surface area contributed by atoms with Gasteiger partial charge >= 0.3 is 0 Å². The van der Waals surface area contributed by atoms with Crippen molar-refractivity contribution in [3.63, 3.8) is 0 Å². The summed E-state index contributed by atoms with van der Waals surface area (Å²) < 4.78 is 0. The second-order valence-electron chi connectivity index (χ2n) is 8.37. The number of aromatic nitrogens is 3. The minimum atomic E-state index is 0.852. The van der Waals surface area contributed by atoms with Crippen LogP contribution in [0.25, 0.3) is 0 Å². The Morgan fingerprint density at radius 3 is 2.57 bits per heavy atom. The van der Waals surface area contributed by atoms with E-state index < -0.39 is 0 Å². The summed E-state index contributed by atoms with van der Waals surface area (Å²) in [5.74, 6) is 1.20. The number of hydrogen-bond acceptors (Lipinski definition) is 6. The van der Waals surface area contributed by atoms with Crippen molar-refractivity contribution in [1.82, 2.24) is 24.8 Å². The molecular weight excluding hydrogens is 348 g/mol. The Labute approximate surface area is 167 Å². The summed E-state index contributed by atoms with van der Waals surface area (Å²) in [5, 5.41) is 0. The topological polar surface area (TPSA) is 48.4 Å². The molecule has 0 aromatic carbocycles. The van der Waals surface area contributed by atoms with Crippen LogP contribution in [-0.2, 0) is 19.4 Å². The Morgan fingerprint density at radius 1 is 0.964 bits per heavy atom. The lowest BCUT2D eigenvalue weighted by atomic mass is 9.91. The maximum absolute atomic E-state index is 4.74. The van der Waals surface area contributed by atoms with Crippen LogP contribution in [0.4, 0.5) is 5.82 Å². The molecule has 0 amide bonds. The van der Waals surface area contributed by atoms with E-state index in [0.29, 0.717) is 0 Å². The maximum atomic E-state index is 4.74. The zero-order valence-corrected chi connectivity index (χ0v) is 16.6. The molecule has 28 heavy (non-hydrogen) atoms. The second kappa shape index (κ2) is 8.13. The Morgan fingerprint density at radius 2 is 1.82 bits per heavy atom. The summed E-state index contributed by atoms with van der Waals surface area (Å²) in [4.78, 5) is 21.4. The molecule has 2 aromatic heterocycles. The number of rotatable bonds is 4. The minimum absolute atomic E-state index is 0.852. The van der Waals surface area contributed by atoms with Gasteiger partial charge in [0, 0.05) is 76.2 Å². The first-order chi connectivity index (χ1) is 13.9. The molecule has 1 aliphatic carbocycles. The number of piperazine rings is 1. The molecule has 0 bridgehead atoms. The average Bonchev–Trinajstić information content (AvgIpc) is 2.91. The van der Waals surface area contributed by atoms with Crippen molar-refractivity contribution in [1.29, 1.82) is 0 Å². The van der Waals surface area contributed by atoms with E-state index in [2.05, 4.69) is 30.7 Å². The van der Waals surface area contributed by atoms with E-state index in [1.807, 2.05) is 18.5 Å². The number of fused-ring (bicyclic) bond motifs is 1. The third-order valence-electron chi connectivity index (χ3n) is 6.69. The van der Waals surface area contributed by atoms with E-state index in [-0.39, 0.29) is 0 Å². The highest BCUT2D eigenvalue weighted by Crippen LogP contribution is 2.28. The van der Waals surface area contributed by atoms with Gasteiger partial charge in [-0.15, -0.1) is 0 Å². The van der Waals surface area contributed by atoms with E-state index in [1.54, 1.807) is 6.33 Å². The van der Waals surface area contributed by atoms with Gasteiger partial charge in [-0.2, -0.15) is 0 Å². The van der Waals surface area contributed by atoms with Gasteiger partial charge in [-0.3, -0.25) is 14.8 Å². The first-order valence-electron chi connectivity index (χ1n) is 10.8. The van der Waals surface area contributed by atoms with Crippen LogP contribution >= 0.6 is 0 Å². The van der Waals surface area contributed by atoms with Crippen molar-refractivity contribution in [2.24, 2.45) is 0 Å². The molecule has 1 saturated carbocycles. The molecule has 3 aliphatic rings. The summed E-state index contributed by atoms with van der Waals surface area (Å²) in [6, 6.07) is 5.04. The Kier molecular flexibility index (Phi) is 5.23. The van der Waals surface area contributed by atoms with Crippen LogP contribution in [-0.4, -0.2) is 70.1 Å². The Hall–Kier alpha value is -2.05. The number of hydrogen-bond donors (Lipinski definition) is 0. The van der Waals surface area contributed by atoms with Gasteiger partial charge in [0.15, 0.2) is 0 Å². The van der Waals surface area contributed by atoms with Crippen LogP contribution in [0, 0.1) is 0 Å². The lowest BCUT2D eigenvalue weighted by Crippen LogP contribution is -2.52. The monoisotopic (exact) mass is 378 g/mol. The van der Waals surface area contributed by atoms with E-state index in [1.165, 1.54) is 55.0 Å². The quantitative estimate of drug-likeness (QED) is 0.813. The maximum Gasteiger partial charge on any atom is 0.135 e. The summed E-state index contributed by atoms with van der Waals surface area (Å²) in [6.45, 7) is 7.62. The molecule has 0 N–H and O–H groups in total. The summed E-state index contributed by atoms with van der Waals surface area (Å²) in [5.41, 5.74) is 3.92. The highest BCUT2D eigenvalue weighted by molar-refractivity contribution is 5.50. The van der Waals surface area contributed by atoms with Crippen molar-refractivity contribution in [3.8, 4) is 0 Å². The lowest BCUT2D eigenvalue weighted by molar-refractivity contribution is 0.120. The van der Waals surface area contributed by atoms with Gasteiger partial charge in [0.05, 0.1) is 5.69 Å². The van der Waals surface area contributed by atoms with Crippen LogP contribution in [0.15, 0.2) is 30.9 Å². The fourth-order valence-corrected chi connectivity index (χ4v) is 4.79. The van der Waals surface area contributed by atoms with Gasteiger partial charge in [0.1, 0.15) is 12.1 Å². The number of anilines is 1. The van der Waals surface area contributed by atoms with Gasteiger partial charge in [-0.05, 0) is 30.9 Å². The predicted molar refractivity (Wildman–Crippen MR) is 110 cm³/mol. The van der Waals surface area contributed by atoms with E-state index in [0.717, 1.165) is 51.6 Å². The molecule has 0 radical (unpaired) electrons. The molecular formula is C22H30N6. The van der Waals surface area contributed by atoms with Gasteiger partial charge in [0.25, 0.3) is 0 Å². The molecule has 2 aliphatic heterocycles. The van der Waals surface area contributed by atoms with Crippen molar-refractivity contribution < 1.29 is 0 Å². The molecule has 4 heterocycles. The molecule has 148 valence electrons. The molecule has 6 nitrogen and oxygen atoms in total. The SMILES string of the molecule is c1cncc(CN2CCc3ncnc(N4CCN(C5CCC5)CC4)c3CC2)c1. The third kappa shape index (κ3) is 3.76. The van der Waals surface area contributed by atoms with Crippen molar-refractivity contribution in [3.05, 3.63) is 47.7 Å². The highest BCUT2D eigenvalue weighted by Gasteiger charge is 2.29. The van der Waals surface area contributed by atoms with Gasteiger partial charge in [0.2, 0.25) is 0 Å². The van der Waals surface area contributed by atoms with Crippen molar-refractivity contribution in [2.75, 3.05) is 44.2 Å². The van der Waals surface area contributed by atoms with E-state index in [9.17, 15) is 0 Å².